The van der Waals surface area contributed by atoms with Crippen LogP contribution in [0.2, 0.25) is 0 Å². The summed E-state index contributed by atoms with van der Waals surface area (Å²) < 4.78 is 43.5. The number of aromatic nitrogens is 2. The third-order valence-electron chi connectivity index (χ3n) is 4.26. The van der Waals surface area contributed by atoms with Crippen molar-refractivity contribution >= 4 is 11.6 Å². The van der Waals surface area contributed by atoms with Gasteiger partial charge in [-0.1, -0.05) is 0 Å². The molecular formula is C14H19F3N4O. The van der Waals surface area contributed by atoms with Crippen LogP contribution in [0.3, 0.4) is 0 Å². The summed E-state index contributed by atoms with van der Waals surface area (Å²) in [5.41, 5.74) is 0. The van der Waals surface area contributed by atoms with Gasteiger partial charge in [-0.2, -0.15) is 13.2 Å². The number of piperidine rings is 1. The Hall–Kier alpha value is -1.57. The van der Waals surface area contributed by atoms with Crippen molar-refractivity contribution in [3.63, 3.8) is 0 Å². The van der Waals surface area contributed by atoms with E-state index in [1.807, 2.05) is 11.0 Å². The quantitative estimate of drug-likeness (QED) is 0.836. The predicted octanol–water partition coefficient (Wildman–Crippen LogP) is 2.09. The van der Waals surface area contributed by atoms with Crippen LogP contribution >= 0.6 is 0 Å². The van der Waals surface area contributed by atoms with Crippen LogP contribution in [0, 0.1) is 5.92 Å². The van der Waals surface area contributed by atoms with E-state index in [4.69, 9.17) is 4.74 Å². The Morgan fingerprint density at radius 3 is 2.05 bits per heavy atom. The molecule has 2 aliphatic heterocycles. The fraction of sp³-hybridized carbons (Fsp3) is 0.714. The molecule has 0 N–H and O–H groups in total. The fourth-order valence-electron chi connectivity index (χ4n) is 2.91. The summed E-state index contributed by atoms with van der Waals surface area (Å²) in [4.78, 5) is 12.5. The molecule has 5 nitrogen and oxygen atoms in total. The monoisotopic (exact) mass is 316 g/mol. The van der Waals surface area contributed by atoms with E-state index in [1.54, 1.807) is 0 Å². The van der Waals surface area contributed by atoms with Gasteiger partial charge >= 0.3 is 6.18 Å². The number of rotatable bonds is 2. The number of nitrogens with zero attached hydrogens (tertiary/aromatic N) is 4. The van der Waals surface area contributed by atoms with Crippen LogP contribution < -0.4 is 9.80 Å². The number of anilines is 2. The Morgan fingerprint density at radius 2 is 1.50 bits per heavy atom. The van der Waals surface area contributed by atoms with Crippen molar-refractivity contribution in [2.24, 2.45) is 5.92 Å². The minimum Gasteiger partial charge on any atom is -0.378 e. The molecule has 0 atom stereocenters. The van der Waals surface area contributed by atoms with Gasteiger partial charge in [-0.3, -0.25) is 0 Å². The van der Waals surface area contributed by atoms with Crippen molar-refractivity contribution in [3.05, 3.63) is 12.4 Å². The third-order valence-corrected chi connectivity index (χ3v) is 4.26. The van der Waals surface area contributed by atoms with E-state index in [0.29, 0.717) is 32.1 Å². The Labute approximate surface area is 127 Å². The van der Waals surface area contributed by atoms with Crippen LogP contribution in [-0.4, -0.2) is 55.5 Å². The van der Waals surface area contributed by atoms with Crippen LogP contribution in [0.1, 0.15) is 12.8 Å². The molecule has 0 radical (unpaired) electrons. The van der Waals surface area contributed by atoms with Gasteiger partial charge in [0.1, 0.15) is 18.0 Å². The number of hydrogen-bond acceptors (Lipinski definition) is 5. The standard InChI is InChI=1S/C14H19F3N4O/c15-14(16,17)11-1-3-20(4-2-11)12-9-13(19-10-18-12)21-5-7-22-8-6-21/h9-11H,1-8H2. The zero-order chi connectivity index (χ0) is 15.6. The summed E-state index contributed by atoms with van der Waals surface area (Å²) in [5, 5.41) is 0. The zero-order valence-electron chi connectivity index (χ0n) is 12.2. The van der Waals surface area contributed by atoms with Crippen LogP contribution in [0.5, 0.6) is 0 Å². The summed E-state index contributed by atoms with van der Waals surface area (Å²) in [6.07, 6.45) is -2.35. The van der Waals surface area contributed by atoms with Crippen molar-refractivity contribution in [2.45, 2.75) is 19.0 Å². The smallest absolute Gasteiger partial charge is 0.378 e. The summed E-state index contributed by atoms with van der Waals surface area (Å²) in [7, 11) is 0. The van der Waals surface area contributed by atoms with Crippen molar-refractivity contribution in [3.8, 4) is 0 Å². The van der Waals surface area contributed by atoms with Crippen molar-refractivity contribution < 1.29 is 17.9 Å². The first-order valence-electron chi connectivity index (χ1n) is 7.50. The minimum atomic E-state index is -4.09. The maximum Gasteiger partial charge on any atom is 0.391 e. The number of alkyl halides is 3. The molecular weight excluding hydrogens is 297 g/mol. The Balaban J connectivity index is 1.66. The van der Waals surface area contributed by atoms with Crippen molar-refractivity contribution in [1.29, 1.82) is 0 Å². The molecule has 0 spiro atoms. The van der Waals surface area contributed by atoms with Crippen LogP contribution in [0.25, 0.3) is 0 Å². The third kappa shape index (κ3) is 3.43. The summed E-state index contributed by atoms with van der Waals surface area (Å²) in [6, 6.07) is 1.86. The molecule has 0 amide bonds. The van der Waals surface area contributed by atoms with Gasteiger partial charge in [0, 0.05) is 32.2 Å². The minimum absolute atomic E-state index is 0.125. The van der Waals surface area contributed by atoms with E-state index in [9.17, 15) is 13.2 Å². The molecule has 0 aromatic carbocycles. The number of ether oxygens (including phenoxy) is 1. The molecule has 1 aromatic heterocycles. The molecule has 0 aliphatic carbocycles. The average Bonchev–Trinajstić information content (AvgIpc) is 2.55. The Bertz CT molecular complexity index is 497. The lowest BCUT2D eigenvalue weighted by Crippen LogP contribution is -2.40. The largest absolute Gasteiger partial charge is 0.391 e. The molecule has 0 unspecified atom stereocenters. The number of morpholine rings is 1. The fourth-order valence-corrected chi connectivity index (χ4v) is 2.91. The molecule has 122 valence electrons. The van der Waals surface area contributed by atoms with E-state index >= 15 is 0 Å². The molecule has 3 heterocycles. The SMILES string of the molecule is FC(F)(F)C1CCN(c2cc(N3CCOCC3)ncn2)CC1. The van der Waals surface area contributed by atoms with Gasteiger partial charge < -0.3 is 14.5 Å². The van der Waals surface area contributed by atoms with Crippen molar-refractivity contribution in [1.82, 2.24) is 9.97 Å². The first kappa shape index (κ1) is 15.3. The Morgan fingerprint density at radius 1 is 0.955 bits per heavy atom. The highest BCUT2D eigenvalue weighted by atomic mass is 19.4. The van der Waals surface area contributed by atoms with Crippen LogP contribution in [-0.2, 0) is 4.74 Å². The highest BCUT2D eigenvalue weighted by Crippen LogP contribution is 2.35. The molecule has 0 saturated carbocycles. The summed E-state index contributed by atoms with van der Waals surface area (Å²) in [5.74, 6) is 0.327. The number of hydrogen-bond donors (Lipinski definition) is 0. The van der Waals surface area contributed by atoms with Crippen LogP contribution in [0.4, 0.5) is 24.8 Å². The number of halogens is 3. The van der Waals surface area contributed by atoms with Crippen molar-refractivity contribution in [2.75, 3.05) is 49.2 Å². The second-order valence-corrected chi connectivity index (χ2v) is 5.64. The first-order valence-corrected chi connectivity index (χ1v) is 7.50. The van der Waals surface area contributed by atoms with Gasteiger partial charge in [-0.15, -0.1) is 0 Å². The van der Waals surface area contributed by atoms with E-state index in [0.717, 1.165) is 18.9 Å². The highest BCUT2D eigenvalue weighted by Gasteiger charge is 2.41. The van der Waals surface area contributed by atoms with Crippen LogP contribution in [0.15, 0.2) is 12.4 Å². The molecule has 0 bridgehead atoms. The van der Waals surface area contributed by atoms with E-state index in [1.165, 1.54) is 6.33 Å². The first-order chi connectivity index (χ1) is 10.5. The molecule has 1 aromatic rings. The zero-order valence-corrected chi connectivity index (χ0v) is 12.2. The van der Waals surface area contributed by atoms with Gasteiger partial charge in [-0.05, 0) is 12.8 Å². The van der Waals surface area contributed by atoms with Gasteiger partial charge in [-0.25, -0.2) is 9.97 Å². The van der Waals surface area contributed by atoms with Gasteiger partial charge in [0.15, 0.2) is 0 Å². The lowest BCUT2D eigenvalue weighted by atomic mass is 9.96. The normalized spacial score (nSPS) is 21.2. The average molecular weight is 316 g/mol. The second-order valence-electron chi connectivity index (χ2n) is 5.64. The lowest BCUT2D eigenvalue weighted by molar-refractivity contribution is -0.179. The lowest BCUT2D eigenvalue weighted by Gasteiger charge is -2.34. The van der Waals surface area contributed by atoms with E-state index < -0.39 is 12.1 Å². The molecule has 2 aliphatic rings. The van der Waals surface area contributed by atoms with E-state index in [2.05, 4.69) is 14.9 Å². The molecule has 3 rings (SSSR count). The predicted molar refractivity (Wildman–Crippen MR) is 76.1 cm³/mol. The van der Waals surface area contributed by atoms with Gasteiger partial charge in [0.25, 0.3) is 0 Å². The van der Waals surface area contributed by atoms with Gasteiger partial charge in [0.05, 0.1) is 19.1 Å². The molecule has 2 fully saturated rings. The maximum atomic E-state index is 12.7. The Kier molecular flexibility index (Phi) is 4.37. The molecule has 22 heavy (non-hydrogen) atoms. The molecule has 8 heteroatoms. The van der Waals surface area contributed by atoms with E-state index in [-0.39, 0.29) is 12.8 Å². The second kappa shape index (κ2) is 6.28. The highest BCUT2D eigenvalue weighted by molar-refractivity contribution is 5.50. The maximum absolute atomic E-state index is 12.7. The summed E-state index contributed by atoms with van der Waals surface area (Å²) >= 11 is 0. The topological polar surface area (TPSA) is 41.5 Å². The summed E-state index contributed by atoms with van der Waals surface area (Å²) in [6.45, 7) is 3.62. The van der Waals surface area contributed by atoms with Gasteiger partial charge in [0.2, 0.25) is 0 Å². The molecule has 2 saturated heterocycles.